The zero-order valence-electron chi connectivity index (χ0n) is 12.0. The Balaban J connectivity index is 1.50. The monoisotopic (exact) mass is 282 g/mol. The summed E-state index contributed by atoms with van der Waals surface area (Å²) in [5.74, 6) is 1.68. The van der Waals surface area contributed by atoms with Crippen LogP contribution in [0.3, 0.4) is 0 Å². The first-order valence-corrected chi connectivity index (χ1v) is 7.09. The molecule has 2 aromatic heterocycles. The van der Waals surface area contributed by atoms with Crippen LogP contribution in [0.4, 0.5) is 0 Å². The number of carbonyl (C=O) groups excluding carboxylic acids is 1. The van der Waals surface area contributed by atoms with Crippen molar-refractivity contribution in [2.45, 2.75) is 26.3 Å². The minimum absolute atomic E-state index is 0.0376. The Morgan fingerprint density at radius 2 is 2.14 bits per heavy atom. The molecule has 0 unspecified atom stereocenters. The maximum atomic E-state index is 11.8. The first-order chi connectivity index (χ1) is 10.2. The van der Waals surface area contributed by atoms with Gasteiger partial charge in [0, 0.05) is 18.1 Å². The van der Waals surface area contributed by atoms with Crippen molar-refractivity contribution in [3.8, 4) is 0 Å². The van der Waals surface area contributed by atoms with Crippen molar-refractivity contribution >= 4 is 16.8 Å². The number of H-pyrrole nitrogens is 1. The predicted molar refractivity (Wildman–Crippen MR) is 81.9 cm³/mol. The molecule has 0 spiro atoms. The number of nitrogens with one attached hydrogen (secondary N) is 2. The lowest BCUT2D eigenvalue weighted by Crippen LogP contribution is -2.22. The summed E-state index contributed by atoms with van der Waals surface area (Å²) in [6.45, 7) is 2.34. The van der Waals surface area contributed by atoms with Crippen LogP contribution in [0.1, 0.15) is 23.5 Å². The molecule has 0 aliphatic rings. The standard InChI is InChI=1S/C17H18N2O2/c1-12-2-6-15(21-12)11-19-17(20)7-4-13-3-5-14-8-9-18-16(14)10-13/h2-3,5-6,8-10,18H,4,7,11H2,1H3,(H,19,20). The van der Waals surface area contributed by atoms with Crippen LogP contribution in [0, 0.1) is 6.92 Å². The highest BCUT2D eigenvalue weighted by Crippen LogP contribution is 2.15. The van der Waals surface area contributed by atoms with E-state index in [2.05, 4.69) is 28.5 Å². The van der Waals surface area contributed by atoms with Crippen LogP contribution in [0.2, 0.25) is 0 Å². The Bertz CT molecular complexity index is 755. The summed E-state index contributed by atoms with van der Waals surface area (Å²) in [7, 11) is 0. The van der Waals surface area contributed by atoms with E-state index in [9.17, 15) is 4.79 Å². The average Bonchev–Trinajstić information content (AvgIpc) is 3.10. The van der Waals surface area contributed by atoms with Crippen LogP contribution in [0.25, 0.3) is 10.9 Å². The Hall–Kier alpha value is -2.49. The van der Waals surface area contributed by atoms with E-state index in [1.807, 2.05) is 31.3 Å². The van der Waals surface area contributed by atoms with Crippen molar-refractivity contribution in [1.82, 2.24) is 10.3 Å². The Morgan fingerprint density at radius 3 is 2.95 bits per heavy atom. The number of amides is 1. The van der Waals surface area contributed by atoms with Gasteiger partial charge in [-0.25, -0.2) is 0 Å². The molecule has 0 radical (unpaired) electrons. The Labute approximate surface area is 123 Å². The molecule has 3 rings (SSSR count). The number of benzene rings is 1. The SMILES string of the molecule is Cc1ccc(CNC(=O)CCc2ccc3cc[nH]c3c2)o1. The summed E-state index contributed by atoms with van der Waals surface area (Å²) in [4.78, 5) is 15.0. The number of rotatable bonds is 5. The fourth-order valence-electron chi connectivity index (χ4n) is 2.36. The normalized spacial score (nSPS) is 10.9. The van der Waals surface area contributed by atoms with E-state index in [0.29, 0.717) is 13.0 Å². The molecule has 0 saturated carbocycles. The van der Waals surface area contributed by atoms with Gasteiger partial charge in [0.25, 0.3) is 0 Å². The largest absolute Gasteiger partial charge is 0.465 e. The van der Waals surface area contributed by atoms with Gasteiger partial charge in [-0.2, -0.15) is 0 Å². The van der Waals surface area contributed by atoms with Gasteiger partial charge in [-0.15, -0.1) is 0 Å². The molecule has 4 nitrogen and oxygen atoms in total. The minimum atomic E-state index is 0.0376. The molecule has 0 saturated heterocycles. The third-order valence-electron chi connectivity index (χ3n) is 3.52. The molecule has 2 N–H and O–H groups in total. The molecule has 4 heteroatoms. The van der Waals surface area contributed by atoms with Crippen molar-refractivity contribution in [3.05, 3.63) is 59.7 Å². The zero-order valence-corrected chi connectivity index (χ0v) is 12.0. The molecule has 0 aliphatic heterocycles. The van der Waals surface area contributed by atoms with Crippen molar-refractivity contribution in [1.29, 1.82) is 0 Å². The van der Waals surface area contributed by atoms with Gasteiger partial charge in [-0.3, -0.25) is 4.79 Å². The van der Waals surface area contributed by atoms with E-state index in [0.717, 1.165) is 29.0 Å². The fraction of sp³-hybridized carbons (Fsp3) is 0.235. The van der Waals surface area contributed by atoms with Crippen molar-refractivity contribution < 1.29 is 9.21 Å². The first-order valence-electron chi connectivity index (χ1n) is 7.09. The smallest absolute Gasteiger partial charge is 0.220 e. The van der Waals surface area contributed by atoms with Crippen LogP contribution in [0.15, 0.2) is 47.0 Å². The number of aromatic amines is 1. The van der Waals surface area contributed by atoms with Gasteiger partial charge in [0.1, 0.15) is 11.5 Å². The highest BCUT2D eigenvalue weighted by atomic mass is 16.3. The summed E-state index contributed by atoms with van der Waals surface area (Å²) >= 11 is 0. The van der Waals surface area contributed by atoms with Gasteiger partial charge in [0.05, 0.1) is 6.54 Å². The lowest BCUT2D eigenvalue weighted by atomic mass is 10.1. The molecule has 2 heterocycles. The van der Waals surface area contributed by atoms with Crippen LogP contribution < -0.4 is 5.32 Å². The molecular weight excluding hydrogens is 264 g/mol. The number of aromatic nitrogens is 1. The maximum absolute atomic E-state index is 11.8. The Kier molecular flexibility index (Phi) is 3.77. The summed E-state index contributed by atoms with van der Waals surface area (Å²) in [6.07, 6.45) is 3.14. The van der Waals surface area contributed by atoms with E-state index >= 15 is 0 Å². The van der Waals surface area contributed by atoms with Crippen LogP contribution in [-0.2, 0) is 17.8 Å². The highest BCUT2D eigenvalue weighted by molar-refractivity contribution is 5.80. The number of fused-ring (bicyclic) bond motifs is 1. The minimum Gasteiger partial charge on any atom is -0.465 e. The van der Waals surface area contributed by atoms with E-state index in [4.69, 9.17) is 4.42 Å². The molecule has 0 atom stereocenters. The van der Waals surface area contributed by atoms with E-state index < -0.39 is 0 Å². The first kappa shape index (κ1) is 13.5. The Morgan fingerprint density at radius 1 is 1.24 bits per heavy atom. The molecule has 1 aromatic carbocycles. The maximum Gasteiger partial charge on any atom is 0.220 e. The predicted octanol–water partition coefficient (Wildman–Crippen LogP) is 3.32. The summed E-state index contributed by atoms with van der Waals surface area (Å²) in [5, 5.41) is 4.07. The molecule has 0 aliphatic carbocycles. The van der Waals surface area contributed by atoms with Crippen LogP contribution >= 0.6 is 0 Å². The van der Waals surface area contributed by atoms with Gasteiger partial charge in [0.15, 0.2) is 0 Å². The van der Waals surface area contributed by atoms with E-state index in [1.165, 1.54) is 5.39 Å². The number of furan rings is 1. The summed E-state index contributed by atoms with van der Waals surface area (Å²) in [5.41, 5.74) is 2.27. The third-order valence-corrected chi connectivity index (χ3v) is 3.52. The molecule has 3 aromatic rings. The van der Waals surface area contributed by atoms with Crippen LogP contribution in [-0.4, -0.2) is 10.9 Å². The molecule has 108 valence electrons. The number of hydrogen-bond acceptors (Lipinski definition) is 2. The summed E-state index contributed by atoms with van der Waals surface area (Å²) in [6, 6.07) is 12.1. The average molecular weight is 282 g/mol. The highest BCUT2D eigenvalue weighted by Gasteiger charge is 2.05. The number of hydrogen-bond donors (Lipinski definition) is 2. The van der Waals surface area contributed by atoms with Gasteiger partial charge in [-0.1, -0.05) is 12.1 Å². The van der Waals surface area contributed by atoms with E-state index in [1.54, 1.807) is 0 Å². The van der Waals surface area contributed by atoms with Gasteiger partial charge < -0.3 is 14.7 Å². The lowest BCUT2D eigenvalue weighted by Gasteiger charge is -2.04. The lowest BCUT2D eigenvalue weighted by molar-refractivity contribution is -0.121. The van der Waals surface area contributed by atoms with Gasteiger partial charge in [0.2, 0.25) is 5.91 Å². The second-order valence-corrected chi connectivity index (χ2v) is 5.19. The summed E-state index contributed by atoms with van der Waals surface area (Å²) < 4.78 is 5.42. The molecule has 21 heavy (non-hydrogen) atoms. The number of carbonyl (C=O) groups is 1. The third kappa shape index (κ3) is 3.34. The second kappa shape index (κ2) is 5.87. The number of aryl methyl sites for hydroxylation is 2. The zero-order chi connectivity index (χ0) is 14.7. The van der Waals surface area contributed by atoms with Gasteiger partial charge in [-0.05, 0) is 48.6 Å². The van der Waals surface area contributed by atoms with Crippen LogP contribution in [0.5, 0.6) is 0 Å². The van der Waals surface area contributed by atoms with Crippen molar-refractivity contribution in [2.75, 3.05) is 0 Å². The quantitative estimate of drug-likeness (QED) is 0.754. The topological polar surface area (TPSA) is 58.0 Å². The molecular formula is C17H18N2O2. The fourth-order valence-corrected chi connectivity index (χ4v) is 2.36. The van der Waals surface area contributed by atoms with E-state index in [-0.39, 0.29) is 5.91 Å². The van der Waals surface area contributed by atoms with Gasteiger partial charge >= 0.3 is 0 Å². The molecule has 0 bridgehead atoms. The second-order valence-electron chi connectivity index (χ2n) is 5.19. The van der Waals surface area contributed by atoms with Crippen molar-refractivity contribution in [2.24, 2.45) is 0 Å². The molecule has 0 fully saturated rings. The van der Waals surface area contributed by atoms with Crippen molar-refractivity contribution in [3.63, 3.8) is 0 Å². The molecule has 1 amide bonds.